The van der Waals surface area contributed by atoms with Crippen LogP contribution in [-0.2, 0) is 21.3 Å². The monoisotopic (exact) mass is 290 g/mol. The number of ether oxygens (including phenoxy) is 1. The zero-order valence-corrected chi connectivity index (χ0v) is 12.1. The molecular formula is C12H19FN2O3S. The fraction of sp³-hybridized carbons (Fsp3) is 0.500. The van der Waals surface area contributed by atoms with Crippen molar-refractivity contribution in [2.24, 2.45) is 0 Å². The molecule has 108 valence electrons. The number of benzene rings is 1. The van der Waals surface area contributed by atoms with E-state index >= 15 is 0 Å². The number of halogens is 1. The largest absolute Gasteiger partial charge is 0.383 e. The summed E-state index contributed by atoms with van der Waals surface area (Å²) in [6, 6.07) is 2.81. The molecule has 0 spiro atoms. The molecule has 0 saturated carbocycles. The maximum atomic E-state index is 13.7. The van der Waals surface area contributed by atoms with Gasteiger partial charge < -0.3 is 10.1 Å². The van der Waals surface area contributed by atoms with Gasteiger partial charge in [0.25, 0.3) is 0 Å². The summed E-state index contributed by atoms with van der Waals surface area (Å²) in [4.78, 5) is -0.0335. The topological polar surface area (TPSA) is 67.4 Å². The first-order chi connectivity index (χ1) is 8.92. The van der Waals surface area contributed by atoms with Gasteiger partial charge in [0.05, 0.1) is 11.5 Å². The molecule has 0 bridgehead atoms. The molecule has 0 aliphatic rings. The van der Waals surface area contributed by atoms with Crippen LogP contribution in [0.1, 0.15) is 11.1 Å². The molecule has 19 heavy (non-hydrogen) atoms. The van der Waals surface area contributed by atoms with Gasteiger partial charge in [0, 0.05) is 25.8 Å². The van der Waals surface area contributed by atoms with Crippen LogP contribution in [0.25, 0.3) is 0 Å². The van der Waals surface area contributed by atoms with E-state index in [9.17, 15) is 12.8 Å². The summed E-state index contributed by atoms with van der Waals surface area (Å²) < 4.78 is 45.1. The Morgan fingerprint density at radius 1 is 1.37 bits per heavy atom. The molecule has 0 amide bonds. The minimum Gasteiger partial charge on any atom is -0.383 e. The fourth-order valence-corrected chi connectivity index (χ4v) is 2.96. The van der Waals surface area contributed by atoms with Crippen molar-refractivity contribution in [3.63, 3.8) is 0 Å². The van der Waals surface area contributed by atoms with Crippen LogP contribution in [-0.4, -0.2) is 35.7 Å². The molecular weight excluding hydrogens is 271 g/mol. The number of nitrogens with one attached hydrogen (secondary N) is 2. The summed E-state index contributed by atoms with van der Waals surface area (Å²) in [5.74, 6) is -0.528. The van der Waals surface area contributed by atoms with Gasteiger partial charge in [-0.3, -0.25) is 0 Å². The van der Waals surface area contributed by atoms with Gasteiger partial charge in [0.1, 0.15) is 5.82 Å². The Labute approximate surface area is 113 Å². The van der Waals surface area contributed by atoms with Gasteiger partial charge in [-0.25, -0.2) is 17.5 Å². The number of rotatable bonds is 7. The molecule has 1 aromatic carbocycles. The normalized spacial score (nSPS) is 11.8. The van der Waals surface area contributed by atoms with E-state index in [-0.39, 0.29) is 23.6 Å². The van der Waals surface area contributed by atoms with Gasteiger partial charge in [0.15, 0.2) is 0 Å². The van der Waals surface area contributed by atoms with Crippen LogP contribution in [0.2, 0.25) is 0 Å². The summed E-state index contributed by atoms with van der Waals surface area (Å²) >= 11 is 0. The molecule has 0 radical (unpaired) electrons. The first-order valence-corrected chi connectivity index (χ1v) is 7.33. The Balaban J connectivity index is 3.10. The number of hydrogen-bond donors (Lipinski definition) is 2. The lowest BCUT2D eigenvalue weighted by molar-refractivity contribution is 0.204. The van der Waals surface area contributed by atoms with E-state index in [4.69, 9.17) is 4.74 Å². The van der Waals surface area contributed by atoms with Crippen molar-refractivity contribution in [3.8, 4) is 0 Å². The van der Waals surface area contributed by atoms with Crippen LogP contribution in [0.15, 0.2) is 17.0 Å². The van der Waals surface area contributed by atoms with Crippen LogP contribution in [0.5, 0.6) is 0 Å². The molecule has 0 heterocycles. The van der Waals surface area contributed by atoms with E-state index in [2.05, 4.69) is 10.0 Å². The molecule has 2 N–H and O–H groups in total. The molecule has 0 saturated heterocycles. The third-order valence-corrected chi connectivity index (χ3v) is 4.21. The minimum atomic E-state index is -3.72. The van der Waals surface area contributed by atoms with Crippen molar-refractivity contribution in [1.82, 2.24) is 10.0 Å². The zero-order valence-electron chi connectivity index (χ0n) is 11.3. The van der Waals surface area contributed by atoms with Gasteiger partial charge in [0.2, 0.25) is 10.0 Å². The fourth-order valence-electron chi connectivity index (χ4n) is 1.65. The van der Waals surface area contributed by atoms with E-state index in [1.807, 2.05) is 0 Å². The lowest BCUT2D eigenvalue weighted by Crippen LogP contribution is -2.28. The number of methoxy groups -OCH3 is 1. The van der Waals surface area contributed by atoms with Gasteiger partial charge in [-0.2, -0.15) is 0 Å². The second kappa shape index (κ2) is 6.95. The SMILES string of the molecule is CNCc1cc(F)c(C)c(S(=O)(=O)NCCOC)c1. The maximum Gasteiger partial charge on any atom is 0.241 e. The molecule has 0 aromatic heterocycles. The Bertz CT molecular complexity index is 532. The Kier molecular flexibility index (Phi) is 5.86. The highest BCUT2D eigenvalue weighted by Crippen LogP contribution is 2.20. The Morgan fingerprint density at radius 3 is 2.63 bits per heavy atom. The van der Waals surface area contributed by atoms with E-state index < -0.39 is 15.8 Å². The highest BCUT2D eigenvalue weighted by molar-refractivity contribution is 7.89. The van der Waals surface area contributed by atoms with E-state index in [0.717, 1.165) is 0 Å². The molecule has 0 aliphatic carbocycles. The lowest BCUT2D eigenvalue weighted by Gasteiger charge is -2.12. The first kappa shape index (κ1) is 16.0. The third-order valence-electron chi connectivity index (χ3n) is 2.63. The highest BCUT2D eigenvalue weighted by atomic mass is 32.2. The molecule has 0 fully saturated rings. The summed E-state index contributed by atoms with van der Waals surface area (Å²) in [5.41, 5.74) is 0.697. The first-order valence-electron chi connectivity index (χ1n) is 5.84. The molecule has 1 rings (SSSR count). The van der Waals surface area contributed by atoms with Crippen LogP contribution < -0.4 is 10.0 Å². The molecule has 0 atom stereocenters. The van der Waals surface area contributed by atoms with Gasteiger partial charge in [-0.1, -0.05) is 0 Å². The minimum absolute atomic E-state index is 0.0335. The van der Waals surface area contributed by atoms with Crippen LogP contribution in [0.3, 0.4) is 0 Å². The summed E-state index contributed by atoms with van der Waals surface area (Å²) in [5, 5.41) is 2.86. The maximum absolute atomic E-state index is 13.7. The van der Waals surface area contributed by atoms with Crippen molar-refractivity contribution in [3.05, 3.63) is 29.1 Å². The Morgan fingerprint density at radius 2 is 2.05 bits per heavy atom. The average molecular weight is 290 g/mol. The molecule has 7 heteroatoms. The quantitative estimate of drug-likeness (QED) is 0.728. The number of hydrogen-bond acceptors (Lipinski definition) is 4. The van der Waals surface area contributed by atoms with Crippen molar-refractivity contribution in [2.45, 2.75) is 18.4 Å². The molecule has 0 unspecified atom stereocenters. The van der Waals surface area contributed by atoms with Crippen LogP contribution >= 0.6 is 0 Å². The molecule has 1 aromatic rings. The van der Waals surface area contributed by atoms with Crippen molar-refractivity contribution in [2.75, 3.05) is 27.3 Å². The predicted octanol–water partition coefficient (Wildman–Crippen LogP) is 0.778. The second-order valence-electron chi connectivity index (χ2n) is 4.12. The lowest BCUT2D eigenvalue weighted by atomic mass is 10.1. The standard InChI is InChI=1S/C12H19FN2O3S/c1-9-11(13)6-10(8-14-2)7-12(9)19(16,17)15-4-5-18-3/h6-7,14-15H,4-5,8H2,1-3H3. The zero-order chi connectivity index (χ0) is 14.5. The average Bonchev–Trinajstić information content (AvgIpc) is 2.34. The summed E-state index contributed by atoms with van der Waals surface area (Å²) in [6.07, 6.45) is 0. The van der Waals surface area contributed by atoms with Crippen LogP contribution in [0.4, 0.5) is 4.39 Å². The van der Waals surface area contributed by atoms with Crippen molar-refractivity contribution in [1.29, 1.82) is 0 Å². The van der Waals surface area contributed by atoms with Gasteiger partial charge in [-0.05, 0) is 31.7 Å². The molecule has 5 nitrogen and oxygen atoms in total. The smallest absolute Gasteiger partial charge is 0.241 e. The van der Waals surface area contributed by atoms with Crippen molar-refractivity contribution < 1.29 is 17.5 Å². The summed E-state index contributed by atoms with van der Waals surface area (Å²) in [6.45, 7) is 2.26. The van der Waals surface area contributed by atoms with Gasteiger partial charge >= 0.3 is 0 Å². The Hall–Kier alpha value is -1.02. The third kappa shape index (κ3) is 4.24. The van der Waals surface area contributed by atoms with E-state index in [1.165, 1.54) is 26.2 Å². The van der Waals surface area contributed by atoms with Crippen molar-refractivity contribution >= 4 is 10.0 Å². The second-order valence-corrected chi connectivity index (χ2v) is 5.86. The number of sulfonamides is 1. The predicted molar refractivity (Wildman–Crippen MR) is 71.0 cm³/mol. The van der Waals surface area contributed by atoms with Gasteiger partial charge in [-0.15, -0.1) is 0 Å². The van der Waals surface area contributed by atoms with Crippen LogP contribution in [0, 0.1) is 12.7 Å². The highest BCUT2D eigenvalue weighted by Gasteiger charge is 2.19. The molecule has 0 aliphatic heterocycles. The summed E-state index contributed by atoms with van der Waals surface area (Å²) in [7, 11) is -0.534. The van der Waals surface area contributed by atoms with E-state index in [0.29, 0.717) is 12.1 Å². The van der Waals surface area contributed by atoms with E-state index in [1.54, 1.807) is 7.05 Å².